The van der Waals surface area contributed by atoms with Crippen LogP contribution in [0.25, 0.3) is 11.3 Å². The number of likely N-dealkylation sites (tertiary alicyclic amines) is 1. The molecule has 2 saturated heterocycles. The molecule has 4 rings (SSSR count). The molecule has 0 radical (unpaired) electrons. The molecule has 0 bridgehead atoms. The number of carbonyl (C=O) groups is 1. The first kappa shape index (κ1) is 27.8. The summed E-state index contributed by atoms with van der Waals surface area (Å²) in [6, 6.07) is 6.17. The largest absolute Gasteiger partial charge is 0.496 e. The predicted octanol–water partition coefficient (Wildman–Crippen LogP) is 4.13. The fourth-order valence-electron chi connectivity index (χ4n) is 5.25. The van der Waals surface area contributed by atoms with Crippen LogP contribution in [0.2, 0.25) is 0 Å². The first-order valence-electron chi connectivity index (χ1n) is 13.6. The van der Waals surface area contributed by atoms with Gasteiger partial charge in [-0.15, -0.1) is 0 Å². The van der Waals surface area contributed by atoms with Crippen LogP contribution in [-0.4, -0.2) is 97.8 Å². The summed E-state index contributed by atoms with van der Waals surface area (Å²) in [5, 5.41) is 6.22. The minimum Gasteiger partial charge on any atom is -0.496 e. The maximum atomic E-state index is 14.9. The average Bonchev–Trinajstić information content (AvgIpc) is 3.41. The number of urea groups is 1. The monoisotopic (exact) mass is 532 g/mol. The lowest BCUT2D eigenvalue weighted by atomic mass is 10.0. The number of thiazole rings is 1. The van der Waals surface area contributed by atoms with Crippen molar-refractivity contribution in [2.24, 2.45) is 0 Å². The smallest absolute Gasteiger partial charge is 0.323 e. The molecule has 2 N–H and O–H groups in total. The topological polar surface area (TPSA) is 73.0 Å². The number of benzene rings is 1. The van der Waals surface area contributed by atoms with Gasteiger partial charge in [0.2, 0.25) is 5.13 Å². The predicted molar refractivity (Wildman–Crippen MR) is 148 cm³/mol. The van der Waals surface area contributed by atoms with Crippen LogP contribution in [0.15, 0.2) is 18.2 Å². The van der Waals surface area contributed by atoms with Gasteiger partial charge < -0.3 is 24.8 Å². The minimum atomic E-state index is -0.428. The number of hydrogen-bond donors (Lipinski definition) is 2. The van der Waals surface area contributed by atoms with Gasteiger partial charge in [-0.25, -0.2) is 9.78 Å². The van der Waals surface area contributed by atoms with Crippen molar-refractivity contribution in [1.82, 2.24) is 25.0 Å². The van der Waals surface area contributed by atoms with Crippen molar-refractivity contribution in [1.29, 1.82) is 0 Å². The van der Waals surface area contributed by atoms with E-state index in [0.717, 1.165) is 82.0 Å². The molecule has 0 aliphatic carbocycles. The van der Waals surface area contributed by atoms with Gasteiger partial charge in [-0.05, 0) is 56.6 Å². The molecule has 2 aromatic rings. The van der Waals surface area contributed by atoms with E-state index in [1.165, 1.54) is 6.42 Å². The van der Waals surface area contributed by atoms with Crippen LogP contribution in [0, 0.1) is 5.13 Å². The standard InChI is InChI=1S/C27H41FN6O2S/c1-4-7-20-8-9-23(36-3)22(18-20)24-25(28)37-26(30-24)31-27(35)34-12-6-11-32(16-17-34)14-15-33-13-10-21(19-33)29-5-2/h8-9,18,21,29H,4-7,10-17,19H2,1-3H3,(H,30,31,35). The summed E-state index contributed by atoms with van der Waals surface area (Å²) in [4.78, 5) is 24.3. The Labute approximate surface area is 224 Å². The molecule has 0 saturated carbocycles. The number of aryl methyl sites for hydroxylation is 1. The van der Waals surface area contributed by atoms with Gasteiger partial charge in [-0.2, -0.15) is 4.39 Å². The molecule has 2 fully saturated rings. The van der Waals surface area contributed by atoms with Gasteiger partial charge >= 0.3 is 6.03 Å². The summed E-state index contributed by atoms with van der Waals surface area (Å²) in [5.74, 6) is 0.570. The lowest BCUT2D eigenvalue weighted by Crippen LogP contribution is -2.40. The molecular weight excluding hydrogens is 491 g/mol. The van der Waals surface area contributed by atoms with Crippen LogP contribution in [-0.2, 0) is 6.42 Å². The molecule has 1 aromatic heterocycles. The second-order valence-electron chi connectivity index (χ2n) is 9.88. The minimum absolute atomic E-state index is 0.218. The van der Waals surface area contributed by atoms with E-state index in [2.05, 4.69) is 39.3 Å². The van der Waals surface area contributed by atoms with Crippen LogP contribution in [0.1, 0.15) is 38.7 Å². The Morgan fingerprint density at radius 2 is 2.00 bits per heavy atom. The van der Waals surface area contributed by atoms with E-state index in [9.17, 15) is 9.18 Å². The third-order valence-corrected chi connectivity index (χ3v) is 7.99. The number of ether oxygens (including phenoxy) is 1. The maximum Gasteiger partial charge on any atom is 0.323 e. The van der Waals surface area contributed by atoms with E-state index < -0.39 is 5.13 Å². The Hall–Kier alpha value is -2.27. The van der Waals surface area contributed by atoms with Crippen LogP contribution < -0.4 is 15.4 Å². The lowest BCUT2D eigenvalue weighted by molar-refractivity contribution is 0.207. The van der Waals surface area contributed by atoms with Crippen LogP contribution in [0.5, 0.6) is 5.75 Å². The van der Waals surface area contributed by atoms with Gasteiger partial charge in [-0.3, -0.25) is 5.32 Å². The van der Waals surface area contributed by atoms with Gasteiger partial charge in [0.1, 0.15) is 11.4 Å². The second-order valence-corrected chi connectivity index (χ2v) is 10.8. The van der Waals surface area contributed by atoms with E-state index in [0.29, 0.717) is 30.4 Å². The van der Waals surface area contributed by atoms with Crippen molar-refractivity contribution in [3.63, 3.8) is 0 Å². The molecule has 2 amide bonds. The summed E-state index contributed by atoms with van der Waals surface area (Å²) in [6.45, 7) is 12.8. The van der Waals surface area contributed by atoms with Gasteiger partial charge in [0.05, 0.1) is 7.11 Å². The number of carbonyl (C=O) groups excluding carboxylic acids is 1. The molecule has 0 spiro atoms. The fraction of sp³-hybridized carbons (Fsp3) is 0.630. The summed E-state index contributed by atoms with van der Waals surface area (Å²) < 4.78 is 20.4. The Morgan fingerprint density at radius 3 is 2.78 bits per heavy atom. The number of likely N-dealkylation sites (N-methyl/N-ethyl adjacent to an activating group) is 1. The fourth-order valence-corrected chi connectivity index (χ4v) is 5.94. The van der Waals surface area contributed by atoms with E-state index >= 15 is 0 Å². The van der Waals surface area contributed by atoms with Crippen molar-refractivity contribution in [3.05, 3.63) is 28.9 Å². The highest BCUT2D eigenvalue weighted by Crippen LogP contribution is 2.36. The number of amides is 2. The third-order valence-electron chi connectivity index (χ3n) is 7.23. The normalized spacial score (nSPS) is 19.2. The molecule has 10 heteroatoms. The number of nitrogens with one attached hydrogen (secondary N) is 2. The highest BCUT2D eigenvalue weighted by atomic mass is 32.1. The molecular formula is C27H41FN6O2S. The van der Waals surface area contributed by atoms with Crippen molar-refractivity contribution < 1.29 is 13.9 Å². The molecule has 3 heterocycles. The molecule has 37 heavy (non-hydrogen) atoms. The average molecular weight is 533 g/mol. The van der Waals surface area contributed by atoms with Gasteiger partial charge in [-0.1, -0.05) is 37.7 Å². The van der Waals surface area contributed by atoms with Crippen LogP contribution in [0.3, 0.4) is 0 Å². The molecule has 2 aliphatic rings. The first-order chi connectivity index (χ1) is 18.0. The summed E-state index contributed by atoms with van der Waals surface area (Å²) in [5.41, 5.74) is 1.94. The van der Waals surface area contributed by atoms with Crippen LogP contribution >= 0.6 is 11.3 Å². The Kier molecular flexibility index (Phi) is 10.1. The highest BCUT2D eigenvalue weighted by Gasteiger charge is 2.24. The SMILES string of the molecule is CCCc1ccc(OC)c(-c2nc(NC(=O)N3CCCN(CCN4CCC(NCC)C4)CC3)sc2F)c1. The Bertz CT molecular complexity index is 1030. The molecule has 1 unspecified atom stereocenters. The first-order valence-corrected chi connectivity index (χ1v) is 14.4. The number of anilines is 1. The molecule has 1 atom stereocenters. The van der Waals surface area contributed by atoms with Gasteiger partial charge in [0, 0.05) is 50.9 Å². The number of aromatic nitrogens is 1. The molecule has 2 aliphatic heterocycles. The van der Waals surface area contributed by atoms with Crippen molar-refractivity contribution >= 4 is 22.5 Å². The highest BCUT2D eigenvalue weighted by molar-refractivity contribution is 7.14. The maximum absolute atomic E-state index is 14.9. The zero-order chi connectivity index (χ0) is 26.2. The van der Waals surface area contributed by atoms with E-state index in [-0.39, 0.29) is 16.9 Å². The number of halogens is 1. The lowest BCUT2D eigenvalue weighted by Gasteiger charge is -2.24. The number of methoxy groups -OCH3 is 1. The quantitative estimate of drug-likeness (QED) is 0.479. The zero-order valence-corrected chi connectivity index (χ0v) is 23.2. The molecule has 204 valence electrons. The van der Waals surface area contributed by atoms with Gasteiger partial charge in [0.25, 0.3) is 0 Å². The Morgan fingerprint density at radius 1 is 1.16 bits per heavy atom. The van der Waals surface area contributed by atoms with E-state index in [1.807, 2.05) is 23.1 Å². The molecule has 8 nitrogen and oxygen atoms in total. The van der Waals surface area contributed by atoms with E-state index in [1.54, 1.807) is 7.11 Å². The van der Waals surface area contributed by atoms with Crippen molar-refractivity contribution in [2.75, 3.05) is 71.3 Å². The molecule has 1 aromatic carbocycles. The summed E-state index contributed by atoms with van der Waals surface area (Å²) in [7, 11) is 1.57. The van der Waals surface area contributed by atoms with E-state index in [4.69, 9.17) is 4.74 Å². The number of hydrogen-bond acceptors (Lipinski definition) is 7. The summed E-state index contributed by atoms with van der Waals surface area (Å²) in [6.07, 6.45) is 4.03. The number of rotatable bonds is 10. The number of nitrogens with zero attached hydrogens (tertiary/aromatic N) is 4. The van der Waals surface area contributed by atoms with Gasteiger partial charge in [0.15, 0.2) is 5.13 Å². The van der Waals surface area contributed by atoms with Crippen LogP contribution in [0.4, 0.5) is 14.3 Å². The van der Waals surface area contributed by atoms with Crippen molar-refractivity contribution in [2.45, 2.75) is 45.6 Å². The Balaban J connectivity index is 1.31. The zero-order valence-electron chi connectivity index (χ0n) is 22.4. The third kappa shape index (κ3) is 7.40. The van der Waals surface area contributed by atoms with Crippen molar-refractivity contribution in [3.8, 4) is 17.0 Å². The summed E-state index contributed by atoms with van der Waals surface area (Å²) >= 11 is 0.858. The second kappa shape index (κ2) is 13.5.